The summed E-state index contributed by atoms with van der Waals surface area (Å²) < 4.78 is 1.10. The molecule has 0 radical (unpaired) electrons. The van der Waals surface area contributed by atoms with Gasteiger partial charge in [0.25, 0.3) is 0 Å². The maximum atomic E-state index is 11.4. The quantitative estimate of drug-likeness (QED) is 0.629. The monoisotopic (exact) mass is 257 g/mol. The average Bonchev–Trinajstić information content (AvgIpc) is 3.05. The first-order valence-electron chi connectivity index (χ1n) is 5.70. The van der Waals surface area contributed by atoms with Crippen molar-refractivity contribution in [3.05, 3.63) is 63.1 Å². The molecule has 0 unspecified atom stereocenters. The molecule has 1 aromatic carbocycles. The third-order valence-electron chi connectivity index (χ3n) is 2.87. The van der Waals surface area contributed by atoms with Gasteiger partial charge in [-0.25, -0.2) is 24.4 Å². The first kappa shape index (κ1) is 11.3. The number of hydrogen-bond donors (Lipinski definition) is 3. The molecule has 3 N–H and O–H groups in total. The van der Waals surface area contributed by atoms with E-state index in [1.165, 1.54) is 0 Å². The summed E-state index contributed by atoms with van der Waals surface area (Å²) in [5.41, 5.74) is 1.90. The Balaban J connectivity index is 1.88. The van der Waals surface area contributed by atoms with Gasteiger partial charge in [-0.2, -0.15) is 5.10 Å². The molecule has 0 saturated carbocycles. The lowest BCUT2D eigenvalue weighted by Gasteiger charge is -2.02. The van der Waals surface area contributed by atoms with Crippen LogP contribution in [0.1, 0.15) is 5.56 Å². The highest BCUT2D eigenvalue weighted by Gasteiger charge is 2.04. The number of aromatic amines is 3. The van der Waals surface area contributed by atoms with E-state index in [-0.39, 0.29) is 6.54 Å². The summed E-state index contributed by atoms with van der Waals surface area (Å²) in [6.07, 6.45) is 1.68. The summed E-state index contributed by atoms with van der Waals surface area (Å²) in [4.78, 5) is 22.7. The highest BCUT2D eigenvalue weighted by Crippen LogP contribution is 2.16. The predicted molar refractivity (Wildman–Crippen MR) is 68.8 cm³/mol. The van der Waals surface area contributed by atoms with Crippen molar-refractivity contribution in [2.45, 2.75) is 6.54 Å². The molecule has 0 aliphatic heterocycles. The standard InChI is InChI=1S/C12H11N5O2/c18-11-15-16-12(19)17(11)7-8-1-3-9(4-2-8)10-5-6-13-14-10/h1-6H,7H2,(H,13,14)(H,15,18)(H,16,19). The van der Waals surface area contributed by atoms with Gasteiger partial charge in [0, 0.05) is 6.20 Å². The smallest absolute Gasteiger partial charge is 0.278 e. The molecule has 3 aromatic rings. The summed E-state index contributed by atoms with van der Waals surface area (Å²) in [5, 5.41) is 11.3. The Bertz CT molecular complexity index is 749. The fraction of sp³-hybridized carbons (Fsp3) is 0.0833. The van der Waals surface area contributed by atoms with Gasteiger partial charge in [-0.05, 0) is 17.2 Å². The van der Waals surface area contributed by atoms with Crippen molar-refractivity contribution in [3.63, 3.8) is 0 Å². The Morgan fingerprint density at radius 1 is 1.00 bits per heavy atom. The minimum absolute atomic E-state index is 0.237. The van der Waals surface area contributed by atoms with Crippen molar-refractivity contribution < 1.29 is 0 Å². The molecule has 2 aromatic heterocycles. The molecule has 0 atom stereocenters. The summed E-state index contributed by atoms with van der Waals surface area (Å²) >= 11 is 0. The van der Waals surface area contributed by atoms with Gasteiger partial charge in [-0.1, -0.05) is 24.3 Å². The Hall–Kier alpha value is -2.83. The molecule has 7 heteroatoms. The van der Waals surface area contributed by atoms with E-state index in [0.717, 1.165) is 21.4 Å². The molecular formula is C12H11N5O2. The minimum atomic E-state index is -0.442. The van der Waals surface area contributed by atoms with Crippen LogP contribution in [-0.2, 0) is 6.54 Å². The molecule has 0 bridgehead atoms. The molecule has 0 aliphatic carbocycles. The van der Waals surface area contributed by atoms with Crippen LogP contribution in [0.15, 0.2) is 46.1 Å². The zero-order chi connectivity index (χ0) is 13.2. The third kappa shape index (κ3) is 2.13. The molecule has 7 nitrogen and oxygen atoms in total. The summed E-state index contributed by atoms with van der Waals surface area (Å²) in [7, 11) is 0. The van der Waals surface area contributed by atoms with E-state index in [1.807, 2.05) is 30.3 Å². The number of rotatable bonds is 3. The Kier molecular flexibility index (Phi) is 2.64. The van der Waals surface area contributed by atoms with Crippen LogP contribution in [0, 0.1) is 0 Å². The van der Waals surface area contributed by atoms with Crippen molar-refractivity contribution in [2.24, 2.45) is 0 Å². The SMILES string of the molecule is O=c1[nH][nH]c(=O)n1Cc1ccc(-c2ccn[nH]2)cc1. The minimum Gasteiger partial charge on any atom is -0.278 e. The van der Waals surface area contributed by atoms with Crippen molar-refractivity contribution in [2.75, 3.05) is 0 Å². The molecule has 0 spiro atoms. The summed E-state index contributed by atoms with van der Waals surface area (Å²) in [5.74, 6) is 0. The van der Waals surface area contributed by atoms with E-state index < -0.39 is 11.4 Å². The second-order valence-electron chi connectivity index (χ2n) is 4.11. The Morgan fingerprint density at radius 3 is 2.26 bits per heavy atom. The van der Waals surface area contributed by atoms with Crippen LogP contribution in [0.3, 0.4) is 0 Å². The van der Waals surface area contributed by atoms with E-state index in [4.69, 9.17) is 0 Å². The molecule has 19 heavy (non-hydrogen) atoms. The van der Waals surface area contributed by atoms with Crippen molar-refractivity contribution in [1.82, 2.24) is 25.0 Å². The van der Waals surface area contributed by atoms with Crippen LogP contribution >= 0.6 is 0 Å². The molecular weight excluding hydrogens is 246 g/mol. The maximum absolute atomic E-state index is 11.4. The normalized spacial score (nSPS) is 10.7. The maximum Gasteiger partial charge on any atom is 0.344 e. The van der Waals surface area contributed by atoms with Crippen LogP contribution < -0.4 is 11.4 Å². The molecule has 96 valence electrons. The molecule has 0 aliphatic rings. The van der Waals surface area contributed by atoms with Gasteiger partial charge in [-0.3, -0.25) is 5.10 Å². The predicted octanol–water partition coefficient (Wildman–Crippen LogP) is 0.303. The summed E-state index contributed by atoms with van der Waals surface area (Å²) in [6, 6.07) is 9.43. The van der Waals surface area contributed by atoms with Gasteiger partial charge in [0.15, 0.2) is 0 Å². The number of hydrogen-bond acceptors (Lipinski definition) is 3. The Labute approximate surface area is 106 Å². The number of aromatic nitrogens is 5. The van der Waals surface area contributed by atoms with Crippen LogP contribution in [-0.4, -0.2) is 25.0 Å². The summed E-state index contributed by atoms with van der Waals surface area (Å²) in [6.45, 7) is 0.237. The van der Waals surface area contributed by atoms with Crippen LogP contribution in [0.4, 0.5) is 0 Å². The van der Waals surface area contributed by atoms with Gasteiger partial charge in [0.1, 0.15) is 0 Å². The second-order valence-corrected chi connectivity index (χ2v) is 4.11. The number of H-pyrrole nitrogens is 3. The largest absolute Gasteiger partial charge is 0.344 e. The van der Waals surface area contributed by atoms with E-state index in [9.17, 15) is 9.59 Å². The molecule has 0 amide bonds. The first-order valence-corrected chi connectivity index (χ1v) is 5.70. The molecule has 2 heterocycles. The van der Waals surface area contributed by atoms with Crippen LogP contribution in [0.5, 0.6) is 0 Å². The molecule has 3 rings (SSSR count). The zero-order valence-corrected chi connectivity index (χ0v) is 9.88. The zero-order valence-electron chi connectivity index (χ0n) is 9.88. The van der Waals surface area contributed by atoms with Crippen LogP contribution in [0.2, 0.25) is 0 Å². The first-order chi connectivity index (χ1) is 9.24. The van der Waals surface area contributed by atoms with Gasteiger partial charge < -0.3 is 0 Å². The van der Waals surface area contributed by atoms with Crippen LogP contribution in [0.25, 0.3) is 11.3 Å². The molecule has 0 saturated heterocycles. The van der Waals surface area contributed by atoms with E-state index in [1.54, 1.807) is 6.20 Å². The lowest BCUT2D eigenvalue weighted by molar-refractivity contribution is 0.733. The lowest BCUT2D eigenvalue weighted by Crippen LogP contribution is -2.26. The van der Waals surface area contributed by atoms with Gasteiger partial charge in [0.05, 0.1) is 12.2 Å². The fourth-order valence-electron chi connectivity index (χ4n) is 1.87. The number of nitrogens with zero attached hydrogens (tertiary/aromatic N) is 2. The highest BCUT2D eigenvalue weighted by molar-refractivity contribution is 5.58. The number of nitrogens with one attached hydrogen (secondary N) is 3. The number of benzene rings is 1. The fourth-order valence-corrected chi connectivity index (χ4v) is 1.87. The van der Waals surface area contributed by atoms with Gasteiger partial charge >= 0.3 is 11.4 Å². The second kappa shape index (κ2) is 4.45. The van der Waals surface area contributed by atoms with Crippen molar-refractivity contribution >= 4 is 0 Å². The lowest BCUT2D eigenvalue weighted by atomic mass is 10.1. The van der Waals surface area contributed by atoms with Gasteiger partial charge in [-0.15, -0.1) is 0 Å². The van der Waals surface area contributed by atoms with Gasteiger partial charge in [0.2, 0.25) is 0 Å². The van der Waals surface area contributed by atoms with E-state index >= 15 is 0 Å². The Morgan fingerprint density at radius 2 is 1.68 bits per heavy atom. The van der Waals surface area contributed by atoms with E-state index in [0.29, 0.717) is 0 Å². The molecule has 0 fully saturated rings. The van der Waals surface area contributed by atoms with Crippen molar-refractivity contribution in [3.8, 4) is 11.3 Å². The highest BCUT2D eigenvalue weighted by atomic mass is 16.2. The topological polar surface area (TPSA) is 99.3 Å². The van der Waals surface area contributed by atoms with E-state index in [2.05, 4.69) is 20.4 Å². The average molecular weight is 257 g/mol. The third-order valence-corrected chi connectivity index (χ3v) is 2.87. The van der Waals surface area contributed by atoms with Crippen molar-refractivity contribution in [1.29, 1.82) is 0 Å².